The van der Waals surface area contributed by atoms with E-state index in [4.69, 9.17) is 0 Å². The molecule has 1 saturated carbocycles. The predicted octanol–water partition coefficient (Wildman–Crippen LogP) is 2.68. The van der Waals surface area contributed by atoms with Gasteiger partial charge in [-0.1, -0.05) is 12.5 Å². The van der Waals surface area contributed by atoms with Gasteiger partial charge in [-0.15, -0.1) is 0 Å². The van der Waals surface area contributed by atoms with Gasteiger partial charge >= 0.3 is 0 Å². The van der Waals surface area contributed by atoms with Crippen molar-refractivity contribution in [2.45, 2.75) is 32.2 Å². The number of amides is 1. The minimum Gasteiger partial charge on any atom is -0.320 e. The average molecular weight is 268 g/mol. The van der Waals surface area contributed by atoms with Crippen molar-refractivity contribution in [3.63, 3.8) is 0 Å². The van der Waals surface area contributed by atoms with Gasteiger partial charge in [-0.25, -0.2) is 8.78 Å². The van der Waals surface area contributed by atoms with Crippen LogP contribution in [0.25, 0.3) is 0 Å². The third-order valence-electron chi connectivity index (χ3n) is 3.67. The minimum atomic E-state index is -0.764. The second-order valence-corrected chi connectivity index (χ2v) is 5.01. The smallest absolute Gasteiger partial charge is 0.238 e. The van der Waals surface area contributed by atoms with Gasteiger partial charge in [-0.3, -0.25) is 4.79 Å². The van der Waals surface area contributed by atoms with E-state index >= 15 is 0 Å². The lowest BCUT2D eigenvalue weighted by Crippen LogP contribution is -2.41. The van der Waals surface area contributed by atoms with Crippen molar-refractivity contribution >= 4 is 11.6 Å². The Bertz CT molecular complexity index is 441. The molecule has 0 radical (unpaired) electrons. The van der Waals surface area contributed by atoms with Gasteiger partial charge in [-0.2, -0.15) is 0 Å². The van der Waals surface area contributed by atoms with Crippen LogP contribution in [0.1, 0.15) is 26.2 Å². The van der Waals surface area contributed by atoms with Crippen molar-refractivity contribution in [2.75, 3.05) is 11.9 Å². The number of nitrogens with one attached hydrogen (secondary N) is 2. The maximum atomic E-state index is 13.3. The van der Waals surface area contributed by atoms with Gasteiger partial charge in [0.1, 0.15) is 17.3 Å². The van der Waals surface area contributed by atoms with Crippen molar-refractivity contribution in [3.8, 4) is 0 Å². The van der Waals surface area contributed by atoms with Gasteiger partial charge in [0.15, 0.2) is 0 Å². The van der Waals surface area contributed by atoms with E-state index in [9.17, 15) is 13.6 Å². The zero-order valence-corrected chi connectivity index (χ0v) is 10.9. The SMILES string of the molecule is CC(NCC(=O)Nc1c(F)cccc1F)C1CCC1. The largest absolute Gasteiger partial charge is 0.320 e. The molecule has 1 aliphatic rings. The third-order valence-corrected chi connectivity index (χ3v) is 3.67. The standard InChI is InChI=1S/C14H18F2N2O/c1-9(10-4-2-5-10)17-8-13(19)18-14-11(15)6-3-7-12(14)16/h3,6-7,9-10,17H,2,4-5,8H2,1H3,(H,18,19). The maximum Gasteiger partial charge on any atom is 0.238 e. The molecule has 0 spiro atoms. The maximum absolute atomic E-state index is 13.3. The summed E-state index contributed by atoms with van der Waals surface area (Å²) < 4.78 is 26.7. The minimum absolute atomic E-state index is 0.0610. The third kappa shape index (κ3) is 3.50. The Labute approximate surface area is 111 Å². The second kappa shape index (κ2) is 6.10. The molecule has 1 aliphatic carbocycles. The van der Waals surface area contributed by atoms with Crippen LogP contribution in [0, 0.1) is 17.6 Å². The lowest BCUT2D eigenvalue weighted by atomic mass is 9.80. The zero-order valence-electron chi connectivity index (χ0n) is 10.9. The molecule has 0 heterocycles. The predicted molar refractivity (Wildman–Crippen MR) is 69.8 cm³/mol. The van der Waals surface area contributed by atoms with E-state index in [1.165, 1.54) is 25.3 Å². The first-order chi connectivity index (χ1) is 9.08. The number of rotatable bonds is 5. The molecular weight excluding hydrogens is 250 g/mol. The summed E-state index contributed by atoms with van der Waals surface area (Å²) in [4.78, 5) is 11.6. The Hall–Kier alpha value is -1.49. The van der Waals surface area contributed by atoms with E-state index < -0.39 is 17.5 Å². The summed E-state index contributed by atoms with van der Waals surface area (Å²) in [7, 11) is 0. The Morgan fingerprint density at radius 2 is 2.00 bits per heavy atom. The van der Waals surface area contributed by atoms with Crippen LogP contribution in [0.3, 0.4) is 0 Å². The van der Waals surface area contributed by atoms with Crippen molar-refractivity contribution in [3.05, 3.63) is 29.8 Å². The molecule has 104 valence electrons. The summed E-state index contributed by atoms with van der Waals surface area (Å²) >= 11 is 0. The fraction of sp³-hybridized carbons (Fsp3) is 0.500. The van der Waals surface area contributed by atoms with Gasteiger partial charge < -0.3 is 10.6 Å². The highest BCUT2D eigenvalue weighted by molar-refractivity contribution is 5.92. The van der Waals surface area contributed by atoms with Crippen LogP contribution in [-0.2, 0) is 4.79 Å². The van der Waals surface area contributed by atoms with Crippen LogP contribution in [0.4, 0.5) is 14.5 Å². The summed E-state index contributed by atoms with van der Waals surface area (Å²) in [6.07, 6.45) is 3.60. The Kier molecular flexibility index (Phi) is 4.47. The Morgan fingerprint density at radius 1 is 1.37 bits per heavy atom. The van der Waals surface area contributed by atoms with Crippen LogP contribution in [-0.4, -0.2) is 18.5 Å². The van der Waals surface area contributed by atoms with E-state index in [-0.39, 0.29) is 18.3 Å². The second-order valence-electron chi connectivity index (χ2n) is 5.01. The van der Waals surface area contributed by atoms with Gasteiger partial charge in [-0.05, 0) is 37.8 Å². The van der Waals surface area contributed by atoms with E-state index in [0.717, 1.165) is 12.1 Å². The quantitative estimate of drug-likeness (QED) is 0.862. The first-order valence-corrected chi connectivity index (χ1v) is 6.55. The molecule has 1 atom stereocenters. The zero-order chi connectivity index (χ0) is 13.8. The Balaban J connectivity index is 1.83. The highest BCUT2D eigenvalue weighted by atomic mass is 19.1. The molecule has 0 saturated heterocycles. The normalized spacial score (nSPS) is 16.8. The topological polar surface area (TPSA) is 41.1 Å². The summed E-state index contributed by atoms with van der Waals surface area (Å²) in [5, 5.41) is 5.34. The molecule has 0 bridgehead atoms. The number of para-hydroxylation sites is 1. The fourth-order valence-corrected chi connectivity index (χ4v) is 2.16. The number of hydrogen-bond acceptors (Lipinski definition) is 2. The van der Waals surface area contributed by atoms with Crippen molar-refractivity contribution in [2.24, 2.45) is 5.92 Å². The summed E-state index contributed by atoms with van der Waals surface area (Å²) in [6, 6.07) is 3.74. The molecule has 2 rings (SSSR count). The molecule has 0 aromatic heterocycles. The van der Waals surface area contributed by atoms with Gasteiger partial charge in [0.05, 0.1) is 6.54 Å². The molecule has 5 heteroatoms. The first-order valence-electron chi connectivity index (χ1n) is 6.55. The van der Waals surface area contributed by atoms with Crippen LogP contribution in [0.2, 0.25) is 0 Å². The average Bonchev–Trinajstić information content (AvgIpc) is 2.29. The van der Waals surface area contributed by atoms with Crippen LogP contribution in [0.15, 0.2) is 18.2 Å². The molecule has 1 aromatic rings. The lowest BCUT2D eigenvalue weighted by Gasteiger charge is -2.31. The lowest BCUT2D eigenvalue weighted by molar-refractivity contribution is -0.115. The fourth-order valence-electron chi connectivity index (χ4n) is 2.16. The summed E-state index contributed by atoms with van der Waals surface area (Å²) in [6.45, 7) is 2.09. The number of carbonyl (C=O) groups is 1. The molecule has 1 amide bonds. The molecule has 1 fully saturated rings. The van der Waals surface area contributed by atoms with E-state index in [0.29, 0.717) is 5.92 Å². The van der Waals surface area contributed by atoms with Crippen molar-refractivity contribution in [1.29, 1.82) is 0 Å². The Morgan fingerprint density at radius 3 is 2.53 bits per heavy atom. The molecule has 1 aromatic carbocycles. The van der Waals surface area contributed by atoms with Gasteiger partial charge in [0.2, 0.25) is 5.91 Å². The number of halogens is 2. The number of anilines is 1. The van der Waals surface area contributed by atoms with Crippen molar-refractivity contribution < 1.29 is 13.6 Å². The molecule has 2 N–H and O–H groups in total. The number of carbonyl (C=O) groups excluding carboxylic acids is 1. The summed E-state index contributed by atoms with van der Waals surface area (Å²) in [5.74, 6) is -1.35. The van der Waals surface area contributed by atoms with E-state index in [2.05, 4.69) is 10.6 Å². The van der Waals surface area contributed by atoms with Crippen LogP contribution >= 0.6 is 0 Å². The molecule has 1 unspecified atom stereocenters. The van der Waals surface area contributed by atoms with E-state index in [1.807, 2.05) is 6.92 Å². The highest BCUT2D eigenvalue weighted by Crippen LogP contribution is 2.29. The number of hydrogen-bond donors (Lipinski definition) is 2. The molecule has 0 aliphatic heterocycles. The monoisotopic (exact) mass is 268 g/mol. The van der Waals surface area contributed by atoms with Gasteiger partial charge in [0, 0.05) is 6.04 Å². The van der Waals surface area contributed by atoms with Gasteiger partial charge in [0.25, 0.3) is 0 Å². The summed E-state index contributed by atoms with van der Waals surface area (Å²) in [5.41, 5.74) is -0.384. The van der Waals surface area contributed by atoms with Crippen LogP contribution in [0.5, 0.6) is 0 Å². The number of benzene rings is 1. The van der Waals surface area contributed by atoms with E-state index in [1.54, 1.807) is 0 Å². The highest BCUT2D eigenvalue weighted by Gasteiger charge is 2.24. The first kappa shape index (κ1) is 13.9. The molecule has 19 heavy (non-hydrogen) atoms. The molecular formula is C14H18F2N2O. The van der Waals surface area contributed by atoms with Crippen LogP contribution < -0.4 is 10.6 Å². The molecule has 3 nitrogen and oxygen atoms in total. The van der Waals surface area contributed by atoms with Crippen molar-refractivity contribution in [1.82, 2.24) is 5.32 Å².